The van der Waals surface area contributed by atoms with Gasteiger partial charge in [-0.15, -0.1) is 0 Å². The summed E-state index contributed by atoms with van der Waals surface area (Å²) in [4.78, 5) is 4.51. The minimum atomic E-state index is 0. The monoisotopic (exact) mass is 499 g/mol. The van der Waals surface area contributed by atoms with E-state index < -0.39 is 0 Å². The van der Waals surface area contributed by atoms with Crippen LogP contribution < -0.4 is 0 Å². The Morgan fingerprint density at radius 2 is 1.31 bits per heavy atom. The Morgan fingerprint density at radius 1 is 0.885 bits per heavy atom. The predicted octanol–water partition coefficient (Wildman–Crippen LogP) is 5.79. The first-order valence-corrected chi connectivity index (χ1v) is 9.76. The average molecular weight is 500 g/mol. The molecule has 0 spiro atoms. The maximum atomic E-state index is 4.51. The molecule has 2 fully saturated rings. The average Bonchev–Trinajstić information content (AvgIpc) is 3.39. The molecule has 2 aliphatic rings. The molecule has 0 unspecified atom stereocenters. The summed E-state index contributed by atoms with van der Waals surface area (Å²) in [6, 6.07) is 10.5. The summed E-state index contributed by atoms with van der Waals surface area (Å²) in [7, 11) is 4.49. The molecule has 26 heavy (non-hydrogen) atoms. The second-order valence-corrected chi connectivity index (χ2v) is 4.83. The van der Waals surface area contributed by atoms with E-state index in [0.717, 1.165) is 5.92 Å². The Kier molecular flexibility index (Phi) is 23.8. The molecule has 13 radical (unpaired) electrons. The van der Waals surface area contributed by atoms with Crippen molar-refractivity contribution in [3.63, 3.8) is 0 Å². The summed E-state index contributed by atoms with van der Waals surface area (Å²) in [5.41, 5.74) is 1.25. The van der Waals surface area contributed by atoms with Crippen LogP contribution in [0.2, 0.25) is 0 Å². The summed E-state index contributed by atoms with van der Waals surface area (Å²) in [5, 5.41) is 0. The second kappa shape index (κ2) is 21.7. The number of benzene rings is 1. The van der Waals surface area contributed by atoms with Crippen LogP contribution in [-0.4, -0.2) is 6.21 Å². The van der Waals surface area contributed by atoms with Gasteiger partial charge in [0, 0.05) is 12.1 Å². The number of hydrogen-bond donors (Lipinski definition) is 0. The Hall–Kier alpha value is 0.362. The maximum absolute atomic E-state index is 4.51. The third kappa shape index (κ3) is 15.4. The summed E-state index contributed by atoms with van der Waals surface area (Å²) in [6.45, 7) is 8.61. The number of halogens is 1. The normalized spacial score (nSPS) is 17.0. The molecular weight excluding hydrogens is 476 g/mol. The SMILES string of the molecule is C[C@H](N=C[C]1[CH][CH][CH][CH]1)c1ccccc1.[CH2][CH][CH2].[CH]1[CH][CH][CH][CH]1.[Cl][Pd+].[Fe+2]. The van der Waals surface area contributed by atoms with Crippen molar-refractivity contribution in [3.05, 3.63) is 120 Å². The minimum Gasteiger partial charge on any atom is 2.00 e. The standard InChI is InChI=1S/C14H14N.C5H5.C3H5.ClH.Fe.Pd/c1-12(14-9-3-2-4-10-14)15-11-13-7-5-6-8-13;1-2-4-5-3-1;1-3-2;;;/h2-12H,1H3;1-5H;3H,1-2H2;1H;;/q;;;;2*+2/p-1/t12-;;;;;/m0...../s1. The van der Waals surface area contributed by atoms with E-state index in [1.165, 1.54) is 12.0 Å². The van der Waals surface area contributed by atoms with Crippen LogP contribution in [0.15, 0.2) is 35.3 Å². The fraction of sp³-hybridized carbons (Fsp3) is 0.0909. The van der Waals surface area contributed by atoms with E-state index in [-0.39, 0.29) is 23.1 Å². The third-order valence-corrected chi connectivity index (χ3v) is 2.97. The number of nitrogens with zero attached hydrogens (tertiary/aromatic N) is 1. The molecule has 0 aromatic heterocycles. The molecule has 1 nitrogen and oxygen atoms in total. The summed E-state index contributed by atoms with van der Waals surface area (Å²) in [5.74, 6) is 1.16. The van der Waals surface area contributed by atoms with Crippen LogP contribution in [0.5, 0.6) is 0 Å². The Balaban J connectivity index is 0. The fourth-order valence-corrected chi connectivity index (χ4v) is 1.81. The molecular formula is C22H24ClFeNPd+3. The van der Waals surface area contributed by atoms with Gasteiger partial charge in [0.2, 0.25) is 0 Å². The Bertz CT molecular complexity index is 396. The van der Waals surface area contributed by atoms with Gasteiger partial charge in [0.1, 0.15) is 0 Å². The van der Waals surface area contributed by atoms with Crippen molar-refractivity contribution in [2.45, 2.75) is 13.0 Å². The summed E-state index contributed by atoms with van der Waals surface area (Å²) < 4.78 is 0. The molecule has 0 heterocycles. The molecule has 139 valence electrons. The smallest absolute Gasteiger partial charge is 2.00 e. The maximum Gasteiger partial charge on any atom is 2.00 e. The van der Waals surface area contributed by atoms with E-state index in [0.29, 0.717) is 0 Å². The van der Waals surface area contributed by atoms with Crippen LogP contribution in [0.25, 0.3) is 0 Å². The zero-order valence-electron chi connectivity index (χ0n) is 14.7. The molecule has 0 amide bonds. The molecule has 0 aliphatic heterocycles. The van der Waals surface area contributed by atoms with E-state index >= 15 is 0 Å². The number of hydrogen-bond acceptors (Lipinski definition) is 1. The van der Waals surface area contributed by atoms with Gasteiger partial charge in [-0.3, -0.25) is 4.99 Å². The van der Waals surface area contributed by atoms with Gasteiger partial charge in [-0.1, -0.05) is 30.3 Å². The molecule has 2 saturated carbocycles. The minimum absolute atomic E-state index is 0. The van der Waals surface area contributed by atoms with Gasteiger partial charge in [-0.2, -0.15) is 0 Å². The van der Waals surface area contributed by atoms with Crippen molar-refractivity contribution in [1.29, 1.82) is 0 Å². The van der Waals surface area contributed by atoms with Crippen molar-refractivity contribution < 1.29 is 35.2 Å². The van der Waals surface area contributed by atoms with Gasteiger partial charge < -0.3 is 0 Å². The number of aliphatic imine (C=N–C) groups is 1. The van der Waals surface area contributed by atoms with Gasteiger partial charge in [-0.05, 0) is 90.5 Å². The van der Waals surface area contributed by atoms with E-state index in [1.807, 2.05) is 69.4 Å². The van der Waals surface area contributed by atoms with Crippen molar-refractivity contribution in [2.75, 3.05) is 0 Å². The Morgan fingerprint density at radius 3 is 1.73 bits per heavy atom. The van der Waals surface area contributed by atoms with Crippen LogP contribution in [0.3, 0.4) is 0 Å². The first-order valence-electron chi connectivity index (χ1n) is 7.76. The molecule has 3 rings (SSSR count). The van der Waals surface area contributed by atoms with E-state index in [4.69, 9.17) is 0 Å². The zero-order chi connectivity index (χ0) is 18.8. The Labute approximate surface area is 188 Å². The van der Waals surface area contributed by atoms with Crippen molar-refractivity contribution in [1.82, 2.24) is 0 Å². The fourth-order valence-electron chi connectivity index (χ4n) is 1.81. The second-order valence-electron chi connectivity index (χ2n) is 4.83. The first kappa shape index (κ1) is 28.6. The number of rotatable bonds is 3. The van der Waals surface area contributed by atoms with Gasteiger partial charge in [0.15, 0.2) is 0 Å². The first-order chi connectivity index (χ1) is 12.3. The van der Waals surface area contributed by atoms with Gasteiger partial charge >= 0.3 is 44.8 Å². The molecule has 1 aromatic rings. The van der Waals surface area contributed by atoms with Crippen molar-refractivity contribution in [2.24, 2.45) is 4.99 Å². The summed E-state index contributed by atoms with van der Waals surface area (Å²) in [6.07, 6.45) is 21.6. The predicted molar refractivity (Wildman–Crippen MR) is 106 cm³/mol. The van der Waals surface area contributed by atoms with Gasteiger partial charge in [0.05, 0.1) is 6.04 Å². The van der Waals surface area contributed by atoms with Crippen LogP contribution in [0.4, 0.5) is 0 Å². The van der Waals surface area contributed by atoms with Gasteiger partial charge in [0.25, 0.3) is 0 Å². The van der Waals surface area contributed by atoms with Crippen LogP contribution in [0, 0.1) is 84.0 Å². The van der Waals surface area contributed by atoms with Crippen LogP contribution in [0.1, 0.15) is 18.5 Å². The molecule has 2 aliphatic carbocycles. The molecule has 0 N–H and O–H groups in total. The third-order valence-electron chi connectivity index (χ3n) is 2.97. The zero-order valence-corrected chi connectivity index (χ0v) is 18.1. The van der Waals surface area contributed by atoms with Gasteiger partial charge in [-0.25, -0.2) is 0 Å². The molecule has 4 heteroatoms. The van der Waals surface area contributed by atoms with Crippen molar-refractivity contribution in [3.8, 4) is 0 Å². The molecule has 0 saturated heterocycles. The molecule has 1 atom stereocenters. The van der Waals surface area contributed by atoms with Crippen molar-refractivity contribution >= 4 is 15.7 Å². The van der Waals surface area contributed by atoms with E-state index in [2.05, 4.69) is 78.4 Å². The topological polar surface area (TPSA) is 12.4 Å². The molecule has 0 bridgehead atoms. The van der Waals surface area contributed by atoms with E-state index in [9.17, 15) is 0 Å². The quantitative estimate of drug-likeness (QED) is 0.369. The summed E-state index contributed by atoms with van der Waals surface area (Å²) >= 11 is 2.22. The van der Waals surface area contributed by atoms with Crippen LogP contribution >= 0.6 is 9.53 Å². The van der Waals surface area contributed by atoms with Crippen LogP contribution in [-0.2, 0) is 35.2 Å². The molecule has 1 aromatic carbocycles. The van der Waals surface area contributed by atoms with E-state index in [1.54, 1.807) is 0 Å². The largest absolute Gasteiger partial charge is 2.00 e.